The molecule has 0 atom stereocenters. The molecule has 1 heterocycles. The Kier molecular flexibility index (Phi) is 8.50. The Morgan fingerprint density at radius 2 is 1.90 bits per heavy atom. The highest BCUT2D eigenvalue weighted by molar-refractivity contribution is 9.10. The Morgan fingerprint density at radius 1 is 1.10 bits per heavy atom. The molecule has 1 aliphatic rings. The summed E-state index contributed by atoms with van der Waals surface area (Å²) in [4.78, 5) is 14.2. The molecule has 0 unspecified atom stereocenters. The molecule has 6 nitrogen and oxygen atoms in total. The van der Waals surface area contributed by atoms with E-state index >= 15 is 0 Å². The molecule has 1 amide bonds. The highest BCUT2D eigenvalue weighted by atomic mass is 79.9. The molecule has 1 aromatic heterocycles. The molecule has 0 bridgehead atoms. The molecular weight excluding hydrogens is 586 g/mol. The standard InChI is InChI=1S/C32H26BrN3O3S/c1-2-38-28-16-20(15-27(33)30(28)39-19-22-10-7-9-21-8-3-4-11-24(21)22)14-23(17-34)31(37)36-32-26(18-35)25-12-5-6-13-29(25)40-32/h3-4,7-11,14-16H,2,5-6,12-13,19H2,1H3,(H,36,37)/b23-14+. The van der Waals surface area contributed by atoms with Gasteiger partial charge in [0.05, 0.1) is 16.6 Å². The largest absolute Gasteiger partial charge is 0.490 e. The van der Waals surface area contributed by atoms with Crippen molar-refractivity contribution in [3.05, 3.63) is 91.8 Å². The van der Waals surface area contributed by atoms with Gasteiger partial charge in [-0.15, -0.1) is 11.3 Å². The third kappa shape index (κ3) is 5.74. The highest BCUT2D eigenvalue weighted by Gasteiger charge is 2.23. The fourth-order valence-electron chi connectivity index (χ4n) is 4.90. The number of carbonyl (C=O) groups is 1. The van der Waals surface area contributed by atoms with Crippen molar-refractivity contribution < 1.29 is 14.3 Å². The second kappa shape index (κ2) is 12.4. The molecule has 0 spiro atoms. The molecule has 200 valence electrons. The summed E-state index contributed by atoms with van der Waals surface area (Å²) < 4.78 is 12.7. The SMILES string of the molecule is CCOc1cc(/C=C(\C#N)C(=O)Nc2sc3c(c2C#N)CCCC3)cc(Br)c1OCc1cccc2ccccc12. The molecule has 1 aliphatic carbocycles. The number of ether oxygens (including phenoxy) is 2. The molecule has 40 heavy (non-hydrogen) atoms. The third-order valence-electron chi connectivity index (χ3n) is 6.77. The summed E-state index contributed by atoms with van der Waals surface area (Å²) in [5.74, 6) is 0.486. The number of nitriles is 2. The van der Waals surface area contributed by atoms with E-state index in [0.29, 0.717) is 45.3 Å². The smallest absolute Gasteiger partial charge is 0.266 e. The van der Waals surface area contributed by atoms with Crippen LogP contribution < -0.4 is 14.8 Å². The van der Waals surface area contributed by atoms with Crippen molar-refractivity contribution in [2.45, 2.75) is 39.2 Å². The maximum atomic E-state index is 13.1. The maximum Gasteiger partial charge on any atom is 0.266 e. The molecule has 0 aliphatic heterocycles. The van der Waals surface area contributed by atoms with Crippen LogP contribution in [0.1, 0.15) is 46.9 Å². The predicted molar refractivity (Wildman–Crippen MR) is 161 cm³/mol. The van der Waals surface area contributed by atoms with Gasteiger partial charge in [-0.25, -0.2) is 0 Å². The monoisotopic (exact) mass is 611 g/mol. The zero-order valence-corrected chi connectivity index (χ0v) is 24.3. The number of nitrogens with zero attached hydrogens (tertiary/aromatic N) is 2. The highest BCUT2D eigenvalue weighted by Crippen LogP contribution is 2.39. The normalized spacial score (nSPS) is 12.8. The molecule has 5 rings (SSSR count). The number of fused-ring (bicyclic) bond motifs is 2. The Morgan fingerprint density at radius 3 is 2.70 bits per heavy atom. The van der Waals surface area contributed by atoms with E-state index in [2.05, 4.69) is 45.5 Å². The Labute approximate surface area is 245 Å². The molecule has 3 aromatic carbocycles. The summed E-state index contributed by atoms with van der Waals surface area (Å²) >= 11 is 5.02. The number of nitrogens with one attached hydrogen (secondary N) is 1. The predicted octanol–water partition coefficient (Wildman–Crippen LogP) is 7.94. The average molecular weight is 613 g/mol. The number of hydrogen-bond acceptors (Lipinski definition) is 6. The van der Waals surface area contributed by atoms with Gasteiger partial charge in [0.15, 0.2) is 11.5 Å². The van der Waals surface area contributed by atoms with Crippen LogP contribution in [-0.2, 0) is 24.2 Å². The van der Waals surface area contributed by atoms with Gasteiger partial charge >= 0.3 is 0 Å². The quantitative estimate of drug-likeness (QED) is 0.161. The van der Waals surface area contributed by atoms with Crippen molar-refractivity contribution in [2.24, 2.45) is 0 Å². The number of rotatable bonds is 8. The Hall–Kier alpha value is -4.11. The number of hydrogen-bond donors (Lipinski definition) is 1. The third-order valence-corrected chi connectivity index (χ3v) is 8.57. The summed E-state index contributed by atoms with van der Waals surface area (Å²) in [5.41, 5.74) is 3.12. The summed E-state index contributed by atoms with van der Waals surface area (Å²) in [6.07, 6.45) is 5.38. The van der Waals surface area contributed by atoms with Gasteiger partial charge in [-0.1, -0.05) is 42.5 Å². The number of thiophene rings is 1. The van der Waals surface area contributed by atoms with Gasteiger partial charge < -0.3 is 14.8 Å². The van der Waals surface area contributed by atoms with E-state index in [1.165, 1.54) is 17.4 Å². The van der Waals surface area contributed by atoms with E-state index in [-0.39, 0.29) is 5.57 Å². The molecule has 1 N–H and O–H groups in total. The van der Waals surface area contributed by atoms with E-state index in [0.717, 1.165) is 52.5 Å². The van der Waals surface area contributed by atoms with Crippen LogP contribution in [0.5, 0.6) is 11.5 Å². The second-order valence-corrected chi connectivity index (χ2v) is 11.3. The lowest BCUT2D eigenvalue weighted by molar-refractivity contribution is -0.112. The van der Waals surface area contributed by atoms with Gasteiger partial charge in [-0.3, -0.25) is 4.79 Å². The second-order valence-electron chi connectivity index (χ2n) is 9.34. The van der Waals surface area contributed by atoms with Crippen LogP contribution in [0, 0.1) is 22.7 Å². The van der Waals surface area contributed by atoms with Crippen molar-refractivity contribution in [3.8, 4) is 23.6 Å². The topological polar surface area (TPSA) is 95.1 Å². The van der Waals surface area contributed by atoms with Crippen LogP contribution in [-0.4, -0.2) is 12.5 Å². The number of aryl methyl sites for hydroxylation is 1. The lowest BCUT2D eigenvalue weighted by Crippen LogP contribution is -2.13. The molecule has 0 radical (unpaired) electrons. The van der Waals surface area contributed by atoms with Crippen molar-refractivity contribution >= 4 is 55.0 Å². The molecule has 0 saturated carbocycles. The van der Waals surface area contributed by atoms with Crippen LogP contribution in [0.3, 0.4) is 0 Å². The summed E-state index contributed by atoms with van der Waals surface area (Å²) in [7, 11) is 0. The van der Waals surface area contributed by atoms with E-state index in [1.54, 1.807) is 12.1 Å². The van der Waals surface area contributed by atoms with Gasteiger partial charge in [-0.2, -0.15) is 10.5 Å². The number of benzene rings is 3. The fraction of sp³-hybridized carbons (Fsp3) is 0.219. The first-order valence-electron chi connectivity index (χ1n) is 13.1. The average Bonchev–Trinajstić information content (AvgIpc) is 3.32. The first kappa shape index (κ1) is 27.5. The molecule has 0 fully saturated rings. The van der Waals surface area contributed by atoms with Crippen molar-refractivity contribution in [3.63, 3.8) is 0 Å². The lowest BCUT2D eigenvalue weighted by atomic mass is 9.96. The van der Waals surface area contributed by atoms with Crippen LogP contribution in [0.15, 0.2) is 64.6 Å². The minimum Gasteiger partial charge on any atom is -0.490 e. The van der Waals surface area contributed by atoms with E-state index in [1.807, 2.05) is 37.3 Å². The van der Waals surface area contributed by atoms with Crippen LogP contribution in [0.4, 0.5) is 5.00 Å². The first-order valence-corrected chi connectivity index (χ1v) is 14.7. The number of anilines is 1. The minimum absolute atomic E-state index is 0.0750. The van der Waals surface area contributed by atoms with Gasteiger partial charge in [0.2, 0.25) is 0 Å². The molecular formula is C32H26BrN3O3S. The van der Waals surface area contributed by atoms with E-state index < -0.39 is 5.91 Å². The van der Waals surface area contributed by atoms with E-state index in [9.17, 15) is 15.3 Å². The van der Waals surface area contributed by atoms with Crippen LogP contribution in [0.25, 0.3) is 16.8 Å². The van der Waals surface area contributed by atoms with Crippen molar-refractivity contribution in [2.75, 3.05) is 11.9 Å². The number of halogens is 1. The first-order chi connectivity index (χ1) is 19.5. The lowest BCUT2D eigenvalue weighted by Gasteiger charge is -2.16. The van der Waals surface area contributed by atoms with Gasteiger partial charge in [0.25, 0.3) is 5.91 Å². The number of carbonyl (C=O) groups excluding carboxylic acids is 1. The Balaban J connectivity index is 1.39. The Bertz CT molecular complexity index is 1710. The van der Waals surface area contributed by atoms with Crippen LogP contribution in [0.2, 0.25) is 0 Å². The zero-order valence-electron chi connectivity index (χ0n) is 21.9. The molecule has 0 saturated heterocycles. The van der Waals surface area contributed by atoms with E-state index in [4.69, 9.17) is 9.47 Å². The van der Waals surface area contributed by atoms with Crippen molar-refractivity contribution in [1.29, 1.82) is 10.5 Å². The summed E-state index contributed by atoms with van der Waals surface area (Å²) in [6.45, 7) is 2.63. The van der Waals surface area contributed by atoms with Gasteiger partial charge in [-0.05, 0) is 94.2 Å². The molecule has 4 aromatic rings. The zero-order chi connectivity index (χ0) is 28.1. The van der Waals surface area contributed by atoms with Gasteiger partial charge in [0.1, 0.15) is 29.3 Å². The number of amides is 1. The van der Waals surface area contributed by atoms with Crippen molar-refractivity contribution in [1.82, 2.24) is 0 Å². The summed E-state index contributed by atoms with van der Waals surface area (Å²) in [6, 6.07) is 22.0. The van der Waals surface area contributed by atoms with Gasteiger partial charge in [0, 0.05) is 4.88 Å². The minimum atomic E-state index is -0.553. The fourth-order valence-corrected chi connectivity index (χ4v) is 6.71. The maximum absolute atomic E-state index is 13.1. The van der Waals surface area contributed by atoms with Crippen LogP contribution >= 0.6 is 27.3 Å². The summed E-state index contributed by atoms with van der Waals surface area (Å²) in [5, 5.41) is 25.1. The molecule has 8 heteroatoms.